The van der Waals surface area contributed by atoms with Crippen LogP contribution in [-0.2, 0) is 11.2 Å². The molecule has 0 aliphatic rings. The minimum absolute atomic E-state index is 0.0101. The topological polar surface area (TPSA) is 79.5 Å². The number of hydrogen-bond donors (Lipinski definition) is 3. The summed E-state index contributed by atoms with van der Waals surface area (Å²) in [6.07, 6.45) is 3.13. The first-order valence-electron chi connectivity index (χ1n) is 9.66. The Morgan fingerprint density at radius 3 is 2.55 bits per heavy atom. The van der Waals surface area contributed by atoms with Gasteiger partial charge in [-0.3, -0.25) is 14.9 Å². The van der Waals surface area contributed by atoms with E-state index >= 15 is 0 Å². The number of aryl methyl sites for hydroxylation is 1. The lowest BCUT2D eigenvalue weighted by Crippen LogP contribution is -2.34. The van der Waals surface area contributed by atoms with Crippen molar-refractivity contribution in [1.82, 2.24) is 10.6 Å². The average Bonchev–Trinajstić information content (AvgIpc) is 2.73. The zero-order chi connectivity index (χ0) is 21.1. The van der Waals surface area contributed by atoms with Crippen molar-refractivity contribution < 1.29 is 14.3 Å². The first-order chi connectivity index (χ1) is 14.0. The second kappa shape index (κ2) is 11.8. The van der Waals surface area contributed by atoms with E-state index in [4.69, 9.17) is 17.0 Å². The van der Waals surface area contributed by atoms with Gasteiger partial charge >= 0.3 is 0 Å². The summed E-state index contributed by atoms with van der Waals surface area (Å²) in [7, 11) is 1.63. The molecule has 0 atom stereocenters. The molecule has 0 fully saturated rings. The summed E-state index contributed by atoms with van der Waals surface area (Å²) in [5.74, 6) is 0.374. The smallest absolute Gasteiger partial charge is 0.257 e. The highest BCUT2D eigenvalue weighted by molar-refractivity contribution is 7.80. The molecule has 0 saturated heterocycles. The van der Waals surface area contributed by atoms with Crippen molar-refractivity contribution in [3.63, 3.8) is 0 Å². The lowest BCUT2D eigenvalue weighted by atomic mass is 10.1. The zero-order valence-corrected chi connectivity index (χ0v) is 17.6. The molecule has 0 radical (unpaired) electrons. The molecule has 0 bridgehead atoms. The number of carbonyl (C=O) groups excluding carboxylic acids is 2. The van der Waals surface area contributed by atoms with E-state index in [1.54, 1.807) is 25.2 Å². The fraction of sp³-hybridized carbons (Fsp3) is 0.318. The maximum Gasteiger partial charge on any atom is 0.257 e. The molecular weight excluding hydrogens is 386 g/mol. The van der Waals surface area contributed by atoms with Gasteiger partial charge in [0.25, 0.3) is 5.91 Å². The number of rotatable bonds is 9. The Balaban J connectivity index is 1.86. The van der Waals surface area contributed by atoms with Crippen molar-refractivity contribution in [3.8, 4) is 5.75 Å². The first kappa shape index (κ1) is 22.4. The second-order valence-corrected chi connectivity index (χ2v) is 6.92. The van der Waals surface area contributed by atoms with Crippen LogP contribution in [0.1, 0.15) is 42.1 Å². The highest BCUT2D eigenvalue weighted by Gasteiger charge is 2.09. The molecule has 2 rings (SSSR count). The molecule has 154 valence electrons. The van der Waals surface area contributed by atoms with Crippen LogP contribution >= 0.6 is 12.2 Å². The van der Waals surface area contributed by atoms with E-state index in [9.17, 15) is 9.59 Å². The Morgan fingerprint density at radius 1 is 1.10 bits per heavy atom. The van der Waals surface area contributed by atoms with E-state index in [0.29, 0.717) is 30.8 Å². The number of thiocarbonyl (C=S) groups is 1. The fourth-order valence-corrected chi connectivity index (χ4v) is 2.75. The largest absolute Gasteiger partial charge is 0.494 e. The van der Waals surface area contributed by atoms with Crippen LogP contribution in [0.3, 0.4) is 0 Å². The van der Waals surface area contributed by atoms with E-state index in [1.165, 1.54) is 0 Å². The molecule has 2 aromatic carbocycles. The maximum atomic E-state index is 12.4. The molecule has 2 aromatic rings. The van der Waals surface area contributed by atoms with Crippen molar-refractivity contribution in [3.05, 3.63) is 59.7 Å². The van der Waals surface area contributed by atoms with Gasteiger partial charge in [-0.2, -0.15) is 0 Å². The van der Waals surface area contributed by atoms with Crippen LogP contribution in [0.5, 0.6) is 5.75 Å². The third-order valence-electron chi connectivity index (χ3n) is 4.22. The van der Waals surface area contributed by atoms with Crippen LogP contribution in [-0.4, -0.2) is 30.6 Å². The summed E-state index contributed by atoms with van der Waals surface area (Å²) >= 11 is 5.24. The predicted octanol–water partition coefficient (Wildman–Crippen LogP) is 3.67. The van der Waals surface area contributed by atoms with E-state index in [2.05, 4.69) is 22.9 Å². The van der Waals surface area contributed by atoms with Crippen LogP contribution in [0.4, 0.5) is 5.69 Å². The van der Waals surface area contributed by atoms with Crippen LogP contribution in [0.15, 0.2) is 48.5 Å². The minimum atomic E-state index is -0.300. The average molecular weight is 414 g/mol. The van der Waals surface area contributed by atoms with Crippen molar-refractivity contribution in [1.29, 1.82) is 0 Å². The van der Waals surface area contributed by atoms with Gasteiger partial charge in [-0.1, -0.05) is 31.5 Å². The third-order valence-corrected chi connectivity index (χ3v) is 4.43. The fourth-order valence-electron chi connectivity index (χ4n) is 2.54. The zero-order valence-electron chi connectivity index (χ0n) is 16.8. The van der Waals surface area contributed by atoms with Gasteiger partial charge in [0.05, 0.1) is 6.61 Å². The Morgan fingerprint density at radius 2 is 1.86 bits per heavy atom. The first-order valence-corrected chi connectivity index (χ1v) is 10.1. The highest BCUT2D eigenvalue weighted by Crippen LogP contribution is 2.14. The van der Waals surface area contributed by atoms with Crippen molar-refractivity contribution >= 4 is 34.8 Å². The molecule has 6 nitrogen and oxygen atoms in total. The maximum absolute atomic E-state index is 12.4. The normalized spacial score (nSPS) is 10.1. The van der Waals surface area contributed by atoms with Gasteiger partial charge in [0.15, 0.2) is 5.11 Å². The Kier molecular flexibility index (Phi) is 9.11. The molecular formula is C22H27N3O3S. The van der Waals surface area contributed by atoms with Gasteiger partial charge < -0.3 is 15.4 Å². The number of benzene rings is 2. The summed E-state index contributed by atoms with van der Waals surface area (Å²) in [5.41, 5.74) is 2.29. The Labute approximate surface area is 177 Å². The molecule has 0 saturated carbocycles. The van der Waals surface area contributed by atoms with Crippen molar-refractivity contribution in [2.24, 2.45) is 0 Å². The number of amides is 2. The minimum Gasteiger partial charge on any atom is -0.494 e. The molecule has 0 spiro atoms. The SMILES string of the molecule is CCCCOc1cccc(C(=O)NC(=S)Nc2ccc(CCC(=O)NC)cc2)c1. The van der Waals surface area contributed by atoms with Gasteiger partial charge in [0.1, 0.15) is 5.75 Å². The number of ether oxygens (including phenoxy) is 1. The van der Waals surface area contributed by atoms with Crippen LogP contribution in [0, 0.1) is 0 Å². The van der Waals surface area contributed by atoms with Crippen molar-refractivity contribution in [2.45, 2.75) is 32.6 Å². The molecule has 0 unspecified atom stereocenters. The van der Waals surface area contributed by atoms with Crippen molar-refractivity contribution in [2.75, 3.05) is 19.0 Å². The molecule has 0 aromatic heterocycles. The van der Waals surface area contributed by atoms with E-state index in [0.717, 1.165) is 24.1 Å². The second-order valence-electron chi connectivity index (χ2n) is 6.51. The lowest BCUT2D eigenvalue weighted by molar-refractivity contribution is -0.120. The summed E-state index contributed by atoms with van der Waals surface area (Å²) in [4.78, 5) is 23.7. The molecule has 7 heteroatoms. The van der Waals surface area contributed by atoms with Gasteiger partial charge in [-0.25, -0.2) is 0 Å². The molecule has 0 aliphatic heterocycles. The monoisotopic (exact) mass is 413 g/mol. The standard InChI is InChI=1S/C22H27N3O3S/c1-3-4-14-28-19-7-5-6-17(15-19)21(27)25-22(29)24-18-11-8-16(9-12-18)10-13-20(26)23-2/h5-9,11-12,15H,3-4,10,13-14H2,1-2H3,(H,23,26)(H2,24,25,27,29). The Hall–Kier alpha value is -2.93. The van der Waals surface area contributed by atoms with E-state index in [-0.39, 0.29) is 16.9 Å². The number of hydrogen-bond acceptors (Lipinski definition) is 4. The van der Waals surface area contributed by atoms with Crippen LogP contribution in [0.2, 0.25) is 0 Å². The quantitative estimate of drug-likeness (QED) is 0.432. The number of nitrogens with one attached hydrogen (secondary N) is 3. The molecule has 29 heavy (non-hydrogen) atoms. The Bertz CT molecular complexity index is 837. The van der Waals surface area contributed by atoms with Gasteiger partial charge in [-0.15, -0.1) is 0 Å². The predicted molar refractivity (Wildman–Crippen MR) is 119 cm³/mol. The van der Waals surface area contributed by atoms with Crippen LogP contribution < -0.4 is 20.7 Å². The summed E-state index contributed by atoms with van der Waals surface area (Å²) < 4.78 is 5.64. The van der Waals surface area contributed by atoms with E-state index in [1.807, 2.05) is 30.3 Å². The van der Waals surface area contributed by atoms with Gasteiger partial charge in [-0.05, 0) is 61.0 Å². The van der Waals surface area contributed by atoms with Gasteiger partial charge in [0.2, 0.25) is 5.91 Å². The summed E-state index contributed by atoms with van der Waals surface area (Å²) in [6.45, 7) is 2.72. The summed E-state index contributed by atoms with van der Waals surface area (Å²) in [5, 5.41) is 8.48. The van der Waals surface area contributed by atoms with Gasteiger partial charge in [0, 0.05) is 24.7 Å². The number of unbranched alkanes of at least 4 members (excludes halogenated alkanes) is 1. The molecule has 2 amide bonds. The number of carbonyl (C=O) groups is 2. The number of anilines is 1. The van der Waals surface area contributed by atoms with Crippen LogP contribution in [0.25, 0.3) is 0 Å². The lowest BCUT2D eigenvalue weighted by Gasteiger charge is -2.11. The van der Waals surface area contributed by atoms with E-state index < -0.39 is 0 Å². The molecule has 0 heterocycles. The summed E-state index contributed by atoms with van der Waals surface area (Å²) in [6, 6.07) is 14.6. The highest BCUT2D eigenvalue weighted by atomic mass is 32.1. The molecule has 0 aliphatic carbocycles. The third kappa shape index (κ3) is 7.91. The molecule has 3 N–H and O–H groups in total.